The number of carbonyl (C=O) groups excluding carboxylic acids is 3. The first-order chi connectivity index (χ1) is 12.3. The molecule has 26 heavy (non-hydrogen) atoms. The van der Waals surface area contributed by atoms with Gasteiger partial charge >= 0.3 is 5.97 Å². The number of anilines is 2. The van der Waals surface area contributed by atoms with E-state index in [1.165, 1.54) is 18.2 Å². The van der Waals surface area contributed by atoms with E-state index >= 15 is 0 Å². The molecule has 0 aliphatic carbocycles. The number of esters is 1. The fourth-order valence-corrected chi connectivity index (χ4v) is 2.11. The molecule has 0 spiro atoms. The van der Waals surface area contributed by atoms with E-state index in [4.69, 9.17) is 22.1 Å². The van der Waals surface area contributed by atoms with Crippen LogP contribution >= 0.6 is 11.6 Å². The van der Waals surface area contributed by atoms with Crippen molar-refractivity contribution in [2.45, 2.75) is 13.8 Å². The monoisotopic (exact) mass is 374 g/mol. The maximum Gasteiger partial charge on any atom is 0.338 e. The molecule has 7 heteroatoms. The molecule has 0 bridgehead atoms. The minimum absolute atomic E-state index is 0.111. The first-order valence-electron chi connectivity index (χ1n) is 7.94. The third kappa shape index (κ3) is 5.07. The van der Waals surface area contributed by atoms with Crippen molar-refractivity contribution in [3.63, 3.8) is 0 Å². The Morgan fingerprint density at radius 3 is 2.27 bits per heavy atom. The quantitative estimate of drug-likeness (QED) is 0.457. The number of Topliss-reactive ketones (excluding diaryl/α,β-unsaturated/α-hetero) is 1. The van der Waals surface area contributed by atoms with Crippen molar-refractivity contribution < 1.29 is 19.1 Å². The lowest BCUT2D eigenvalue weighted by Crippen LogP contribution is -2.18. The van der Waals surface area contributed by atoms with Gasteiger partial charge in [-0.25, -0.2) is 4.79 Å². The molecule has 0 saturated carbocycles. The number of nitrogen functional groups attached to an aromatic ring is 1. The van der Waals surface area contributed by atoms with Gasteiger partial charge in [0, 0.05) is 17.2 Å². The summed E-state index contributed by atoms with van der Waals surface area (Å²) in [6.07, 6.45) is 0. The topological polar surface area (TPSA) is 98.5 Å². The molecule has 0 aliphatic heterocycles. The third-order valence-electron chi connectivity index (χ3n) is 3.56. The van der Waals surface area contributed by atoms with Crippen LogP contribution in [0.25, 0.3) is 0 Å². The van der Waals surface area contributed by atoms with E-state index in [0.717, 1.165) is 0 Å². The van der Waals surface area contributed by atoms with Gasteiger partial charge in [-0.15, -0.1) is 0 Å². The first kappa shape index (κ1) is 19.5. The summed E-state index contributed by atoms with van der Waals surface area (Å²) in [5.41, 5.74) is 7.07. The standard InChI is InChI=1S/C19H19ClN2O4/c1-11(2)18(24)22-14-6-3-12(4-7-14)17(23)10-26-19(25)13-5-8-15(20)16(21)9-13/h3-9,11H,10,21H2,1-2H3,(H,22,24). The Hall–Kier alpha value is -2.86. The minimum atomic E-state index is -0.664. The van der Waals surface area contributed by atoms with Crippen LogP contribution in [-0.2, 0) is 9.53 Å². The van der Waals surface area contributed by atoms with E-state index in [-0.39, 0.29) is 28.9 Å². The molecule has 136 valence electrons. The second-order valence-corrected chi connectivity index (χ2v) is 6.36. The number of halogens is 1. The highest BCUT2D eigenvalue weighted by atomic mass is 35.5. The van der Waals surface area contributed by atoms with Crippen molar-refractivity contribution in [1.29, 1.82) is 0 Å². The van der Waals surface area contributed by atoms with E-state index in [9.17, 15) is 14.4 Å². The number of hydrogen-bond donors (Lipinski definition) is 2. The van der Waals surface area contributed by atoms with Crippen LogP contribution in [0.1, 0.15) is 34.6 Å². The Morgan fingerprint density at radius 2 is 1.69 bits per heavy atom. The summed E-state index contributed by atoms with van der Waals surface area (Å²) in [6, 6.07) is 10.7. The van der Waals surface area contributed by atoms with Crippen LogP contribution < -0.4 is 11.1 Å². The molecule has 2 aromatic rings. The normalized spacial score (nSPS) is 10.5. The molecule has 0 saturated heterocycles. The van der Waals surface area contributed by atoms with Gasteiger partial charge in [0.05, 0.1) is 16.3 Å². The number of ether oxygens (including phenoxy) is 1. The fraction of sp³-hybridized carbons (Fsp3) is 0.211. The molecule has 0 aromatic heterocycles. The van der Waals surface area contributed by atoms with Crippen LogP contribution in [0.5, 0.6) is 0 Å². The molecule has 0 heterocycles. The van der Waals surface area contributed by atoms with Crippen molar-refractivity contribution in [2.24, 2.45) is 5.92 Å². The number of rotatable bonds is 6. The zero-order chi connectivity index (χ0) is 19.3. The molecule has 0 unspecified atom stereocenters. The number of nitrogens with two attached hydrogens (primary N) is 1. The van der Waals surface area contributed by atoms with Crippen molar-refractivity contribution in [3.05, 3.63) is 58.6 Å². The van der Waals surface area contributed by atoms with Crippen molar-refractivity contribution in [1.82, 2.24) is 0 Å². The zero-order valence-corrected chi connectivity index (χ0v) is 15.2. The first-order valence-corrected chi connectivity index (χ1v) is 8.32. The third-order valence-corrected chi connectivity index (χ3v) is 3.91. The van der Waals surface area contributed by atoms with Gasteiger partial charge in [-0.3, -0.25) is 9.59 Å². The van der Waals surface area contributed by atoms with Gasteiger partial charge in [0.2, 0.25) is 5.91 Å². The van der Waals surface area contributed by atoms with E-state index in [0.29, 0.717) is 16.3 Å². The summed E-state index contributed by atoms with van der Waals surface area (Å²) >= 11 is 5.80. The van der Waals surface area contributed by atoms with Gasteiger partial charge in [0.15, 0.2) is 12.4 Å². The van der Waals surface area contributed by atoms with Crippen molar-refractivity contribution in [3.8, 4) is 0 Å². The van der Waals surface area contributed by atoms with Crippen LogP contribution in [0.15, 0.2) is 42.5 Å². The molecule has 0 atom stereocenters. The largest absolute Gasteiger partial charge is 0.454 e. The van der Waals surface area contributed by atoms with Crippen LogP contribution in [0.3, 0.4) is 0 Å². The van der Waals surface area contributed by atoms with Crippen LogP contribution in [0.4, 0.5) is 11.4 Å². The summed E-state index contributed by atoms with van der Waals surface area (Å²) in [6.45, 7) is 3.17. The second kappa shape index (κ2) is 8.49. The van der Waals surface area contributed by atoms with E-state index in [2.05, 4.69) is 5.32 Å². The molecule has 1 amide bonds. The minimum Gasteiger partial charge on any atom is -0.454 e. The molecular weight excluding hydrogens is 356 g/mol. The number of benzene rings is 2. The van der Waals surface area contributed by atoms with Gasteiger partial charge in [0.1, 0.15) is 0 Å². The Morgan fingerprint density at radius 1 is 1.08 bits per heavy atom. The van der Waals surface area contributed by atoms with Gasteiger partial charge in [-0.2, -0.15) is 0 Å². The van der Waals surface area contributed by atoms with Crippen LogP contribution in [0, 0.1) is 5.92 Å². The maximum atomic E-state index is 12.1. The lowest BCUT2D eigenvalue weighted by Gasteiger charge is -2.09. The Balaban J connectivity index is 1.94. The Labute approximate surface area is 156 Å². The highest BCUT2D eigenvalue weighted by Gasteiger charge is 2.13. The predicted octanol–water partition coefficient (Wildman–Crippen LogP) is 3.56. The number of hydrogen-bond acceptors (Lipinski definition) is 5. The highest BCUT2D eigenvalue weighted by Crippen LogP contribution is 2.20. The van der Waals surface area contributed by atoms with Crippen molar-refractivity contribution >= 4 is 40.6 Å². The maximum absolute atomic E-state index is 12.1. The van der Waals surface area contributed by atoms with Gasteiger partial charge in [-0.1, -0.05) is 25.4 Å². The lowest BCUT2D eigenvalue weighted by molar-refractivity contribution is -0.118. The molecule has 2 rings (SSSR count). The molecule has 0 radical (unpaired) electrons. The SMILES string of the molecule is CC(C)C(=O)Nc1ccc(C(=O)COC(=O)c2ccc(Cl)c(N)c2)cc1. The Kier molecular flexibility index (Phi) is 6.36. The van der Waals surface area contributed by atoms with E-state index in [1.807, 2.05) is 0 Å². The molecule has 2 aromatic carbocycles. The molecule has 6 nitrogen and oxygen atoms in total. The number of amides is 1. The average molecular weight is 375 g/mol. The Bertz CT molecular complexity index is 832. The molecule has 0 aliphatic rings. The molecular formula is C19H19ClN2O4. The summed E-state index contributed by atoms with van der Waals surface area (Å²) < 4.78 is 5.01. The molecule has 3 N–H and O–H groups in total. The smallest absolute Gasteiger partial charge is 0.338 e. The number of carbonyl (C=O) groups is 3. The summed E-state index contributed by atoms with van der Waals surface area (Å²) in [7, 11) is 0. The fourth-order valence-electron chi connectivity index (χ4n) is 1.99. The summed E-state index contributed by atoms with van der Waals surface area (Å²) in [5, 5.41) is 3.07. The van der Waals surface area contributed by atoms with Crippen LogP contribution in [0.2, 0.25) is 5.02 Å². The highest BCUT2D eigenvalue weighted by molar-refractivity contribution is 6.33. The predicted molar refractivity (Wildman–Crippen MR) is 100 cm³/mol. The van der Waals surface area contributed by atoms with Gasteiger partial charge in [0.25, 0.3) is 0 Å². The van der Waals surface area contributed by atoms with Crippen molar-refractivity contribution in [2.75, 3.05) is 17.7 Å². The van der Waals surface area contributed by atoms with E-state index in [1.54, 1.807) is 38.1 Å². The lowest BCUT2D eigenvalue weighted by atomic mass is 10.1. The van der Waals surface area contributed by atoms with Gasteiger partial charge < -0.3 is 15.8 Å². The van der Waals surface area contributed by atoms with Gasteiger partial charge in [-0.05, 0) is 42.5 Å². The summed E-state index contributed by atoms with van der Waals surface area (Å²) in [4.78, 5) is 35.7. The molecule has 0 fully saturated rings. The zero-order valence-electron chi connectivity index (χ0n) is 14.4. The summed E-state index contributed by atoms with van der Waals surface area (Å²) in [5.74, 6) is -1.28. The van der Waals surface area contributed by atoms with Crippen LogP contribution in [-0.4, -0.2) is 24.3 Å². The number of nitrogens with one attached hydrogen (secondary N) is 1. The second-order valence-electron chi connectivity index (χ2n) is 5.96. The number of ketones is 1. The average Bonchev–Trinajstić information content (AvgIpc) is 2.62. The van der Waals surface area contributed by atoms with E-state index < -0.39 is 12.6 Å².